The zero-order valence-electron chi connectivity index (χ0n) is 9.73. The van der Waals surface area contributed by atoms with E-state index in [-0.39, 0.29) is 0 Å². The number of hydrogen-bond acceptors (Lipinski definition) is 3. The first-order valence-electron chi connectivity index (χ1n) is 5.73. The average molecular weight is 238 g/mol. The Morgan fingerprint density at radius 1 is 1.53 bits per heavy atom. The first-order valence-corrected chi connectivity index (χ1v) is 5.73. The summed E-state index contributed by atoms with van der Waals surface area (Å²) in [6, 6.07) is 4.22. The van der Waals surface area contributed by atoms with Gasteiger partial charge in [-0.15, -0.1) is 0 Å². The van der Waals surface area contributed by atoms with Crippen molar-refractivity contribution >= 4 is 11.4 Å². The number of benzene rings is 1. The Morgan fingerprint density at radius 2 is 2.24 bits per heavy atom. The second-order valence-electron chi connectivity index (χ2n) is 4.52. The molecule has 0 atom stereocenters. The molecule has 0 bridgehead atoms. The largest absolute Gasteiger partial charge is 0.369 e. The predicted molar refractivity (Wildman–Crippen MR) is 63.7 cm³/mol. The van der Waals surface area contributed by atoms with Crippen LogP contribution in [0.2, 0.25) is 0 Å². The third kappa shape index (κ3) is 2.72. The summed E-state index contributed by atoms with van der Waals surface area (Å²) in [5.41, 5.74) is -0.0681. The molecule has 0 heterocycles. The highest BCUT2D eigenvalue weighted by atomic mass is 19.1. The van der Waals surface area contributed by atoms with Gasteiger partial charge in [0.25, 0.3) is 0 Å². The number of nitrogens with zero attached hydrogens (tertiary/aromatic N) is 2. The van der Waals surface area contributed by atoms with E-state index >= 15 is 0 Å². The molecule has 1 aromatic rings. The van der Waals surface area contributed by atoms with Crippen molar-refractivity contribution < 1.29 is 9.31 Å². The SMILES string of the molecule is CN(CCC1CC1)c1cccc(F)c1[N+](=O)[O-]. The molecule has 2 rings (SSSR count). The van der Waals surface area contributed by atoms with Gasteiger partial charge in [-0.05, 0) is 24.5 Å². The molecule has 1 saturated carbocycles. The minimum absolute atomic E-state index is 0.357. The summed E-state index contributed by atoms with van der Waals surface area (Å²) in [5.74, 6) is -0.0177. The zero-order valence-corrected chi connectivity index (χ0v) is 9.73. The van der Waals surface area contributed by atoms with Crippen molar-refractivity contribution in [1.82, 2.24) is 0 Å². The number of hydrogen-bond donors (Lipinski definition) is 0. The Morgan fingerprint density at radius 3 is 2.82 bits per heavy atom. The van der Waals surface area contributed by atoms with E-state index in [1.54, 1.807) is 18.0 Å². The number of nitro benzene ring substituents is 1. The lowest BCUT2D eigenvalue weighted by atomic mass is 10.2. The first kappa shape index (κ1) is 11.8. The van der Waals surface area contributed by atoms with Crippen LogP contribution in [0.3, 0.4) is 0 Å². The highest BCUT2D eigenvalue weighted by Crippen LogP contribution is 2.34. The molecular weight excluding hydrogens is 223 g/mol. The predicted octanol–water partition coefficient (Wildman–Crippen LogP) is 2.97. The van der Waals surface area contributed by atoms with E-state index < -0.39 is 16.4 Å². The molecule has 0 aromatic heterocycles. The molecule has 0 unspecified atom stereocenters. The van der Waals surface area contributed by atoms with Gasteiger partial charge in [0, 0.05) is 13.6 Å². The molecule has 1 aliphatic rings. The topological polar surface area (TPSA) is 46.4 Å². The van der Waals surface area contributed by atoms with E-state index in [2.05, 4.69) is 0 Å². The van der Waals surface area contributed by atoms with Gasteiger partial charge in [0.2, 0.25) is 5.82 Å². The van der Waals surface area contributed by atoms with Gasteiger partial charge in [-0.1, -0.05) is 18.9 Å². The van der Waals surface area contributed by atoms with Gasteiger partial charge >= 0.3 is 5.69 Å². The van der Waals surface area contributed by atoms with Crippen LogP contribution in [-0.2, 0) is 0 Å². The van der Waals surface area contributed by atoms with E-state index in [4.69, 9.17) is 0 Å². The fraction of sp³-hybridized carbons (Fsp3) is 0.500. The van der Waals surface area contributed by atoms with Gasteiger partial charge in [-0.3, -0.25) is 10.1 Å². The highest BCUT2D eigenvalue weighted by molar-refractivity contribution is 5.63. The molecule has 0 aliphatic heterocycles. The van der Waals surface area contributed by atoms with E-state index in [1.165, 1.54) is 18.9 Å². The number of nitro groups is 1. The van der Waals surface area contributed by atoms with Crippen molar-refractivity contribution in [3.05, 3.63) is 34.1 Å². The molecule has 0 N–H and O–H groups in total. The van der Waals surface area contributed by atoms with Crippen molar-refractivity contribution in [2.75, 3.05) is 18.5 Å². The summed E-state index contributed by atoms with van der Waals surface area (Å²) >= 11 is 0. The maximum absolute atomic E-state index is 13.4. The molecule has 1 aliphatic carbocycles. The summed E-state index contributed by atoms with van der Waals surface area (Å²) in [6.45, 7) is 0.731. The number of anilines is 1. The normalized spacial score (nSPS) is 14.7. The maximum Gasteiger partial charge on any atom is 0.327 e. The number of para-hydroxylation sites is 1. The second kappa shape index (κ2) is 4.69. The molecule has 17 heavy (non-hydrogen) atoms. The Labute approximate surface area is 99.2 Å². The summed E-state index contributed by atoms with van der Waals surface area (Å²) in [7, 11) is 1.77. The van der Waals surface area contributed by atoms with Crippen LogP contribution >= 0.6 is 0 Å². The standard InChI is InChI=1S/C12H15FN2O2/c1-14(8-7-9-5-6-9)11-4-2-3-10(13)12(11)15(16)17/h2-4,9H,5-8H2,1H3. The highest BCUT2D eigenvalue weighted by Gasteiger charge is 2.25. The molecule has 1 fully saturated rings. The van der Waals surface area contributed by atoms with E-state index in [1.807, 2.05) is 0 Å². The quantitative estimate of drug-likeness (QED) is 0.585. The van der Waals surface area contributed by atoms with Crippen LogP contribution in [-0.4, -0.2) is 18.5 Å². The summed E-state index contributed by atoms with van der Waals surface area (Å²) in [5, 5.41) is 10.8. The summed E-state index contributed by atoms with van der Waals surface area (Å²) in [6.07, 6.45) is 3.52. The maximum atomic E-state index is 13.4. The Hall–Kier alpha value is -1.65. The molecule has 0 radical (unpaired) electrons. The fourth-order valence-corrected chi connectivity index (χ4v) is 1.90. The van der Waals surface area contributed by atoms with Crippen LogP contribution in [0.4, 0.5) is 15.8 Å². The van der Waals surface area contributed by atoms with Gasteiger partial charge in [0.05, 0.1) is 4.92 Å². The smallest absolute Gasteiger partial charge is 0.327 e. The molecule has 5 heteroatoms. The van der Waals surface area contributed by atoms with Gasteiger partial charge < -0.3 is 4.90 Å². The third-order valence-electron chi connectivity index (χ3n) is 3.13. The Kier molecular flexibility index (Phi) is 3.26. The number of rotatable bonds is 5. The lowest BCUT2D eigenvalue weighted by Gasteiger charge is -2.18. The average Bonchev–Trinajstić information content (AvgIpc) is 3.08. The van der Waals surface area contributed by atoms with Crippen LogP contribution in [0.15, 0.2) is 18.2 Å². The zero-order chi connectivity index (χ0) is 12.4. The summed E-state index contributed by atoms with van der Waals surface area (Å²) in [4.78, 5) is 11.9. The van der Waals surface area contributed by atoms with E-state index in [9.17, 15) is 14.5 Å². The van der Waals surface area contributed by atoms with Crippen molar-refractivity contribution in [2.24, 2.45) is 5.92 Å². The van der Waals surface area contributed by atoms with Gasteiger partial charge in [-0.2, -0.15) is 4.39 Å². The molecule has 0 saturated heterocycles. The van der Waals surface area contributed by atoms with Gasteiger partial charge in [0.1, 0.15) is 5.69 Å². The van der Waals surface area contributed by atoms with Crippen LogP contribution in [0.25, 0.3) is 0 Å². The Bertz CT molecular complexity index is 433. The lowest BCUT2D eigenvalue weighted by molar-refractivity contribution is -0.386. The second-order valence-corrected chi connectivity index (χ2v) is 4.52. The van der Waals surface area contributed by atoms with Gasteiger partial charge in [0.15, 0.2) is 0 Å². The van der Waals surface area contributed by atoms with Crippen LogP contribution < -0.4 is 4.90 Å². The molecule has 4 nitrogen and oxygen atoms in total. The molecular formula is C12H15FN2O2. The molecule has 0 amide bonds. The minimum atomic E-state index is -0.772. The van der Waals surface area contributed by atoms with Crippen LogP contribution in [0, 0.1) is 21.8 Å². The summed E-state index contributed by atoms with van der Waals surface area (Å²) < 4.78 is 13.4. The third-order valence-corrected chi connectivity index (χ3v) is 3.13. The van der Waals surface area contributed by atoms with Gasteiger partial charge in [-0.25, -0.2) is 0 Å². The number of halogens is 1. The molecule has 1 aromatic carbocycles. The Balaban J connectivity index is 2.17. The monoisotopic (exact) mass is 238 g/mol. The van der Waals surface area contributed by atoms with E-state index in [0.717, 1.165) is 24.9 Å². The lowest BCUT2D eigenvalue weighted by Crippen LogP contribution is -2.20. The van der Waals surface area contributed by atoms with Crippen molar-refractivity contribution in [1.29, 1.82) is 0 Å². The van der Waals surface area contributed by atoms with E-state index in [0.29, 0.717) is 5.69 Å². The van der Waals surface area contributed by atoms with Crippen molar-refractivity contribution in [3.63, 3.8) is 0 Å². The molecule has 92 valence electrons. The van der Waals surface area contributed by atoms with Crippen LogP contribution in [0.5, 0.6) is 0 Å². The minimum Gasteiger partial charge on any atom is -0.369 e. The van der Waals surface area contributed by atoms with Crippen LogP contribution in [0.1, 0.15) is 19.3 Å². The molecule has 0 spiro atoms. The first-order chi connectivity index (χ1) is 8.09. The fourth-order valence-electron chi connectivity index (χ4n) is 1.90. The van der Waals surface area contributed by atoms with Crippen molar-refractivity contribution in [2.45, 2.75) is 19.3 Å². The van der Waals surface area contributed by atoms with Crippen molar-refractivity contribution in [3.8, 4) is 0 Å².